The van der Waals surface area contributed by atoms with Gasteiger partial charge in [0.2, 0.25) is 5.91 Å². The van der Waals surface area contributed by atoms with Crippen LogP contribution in [0.1, 0.15) is 91.4 Å². The summed E-state index contributed by atoms with van der Waals surface area (Å²) >= 11 is 0. The molecular weight excluding hydrogens is 481 g/mol. The van der Waals surface area contributed by atoms with Gasteiger partial charge < -0.3 is 14.0 Å². The van der Waals surface area contributed by atoms with Crippen LogP contribution in [0, 0.1) is 11.8 Å². The lowest BCUT2D eigenvalue weighted by molar-refractivity contribution is -0.124. The highest BCUT2D eigenvalue weighted by Gasteiger charge is 2.51. The maximum atomic E-state index is 13.7. The minimum Gasteiger partial charge on any atom is -0.462 e. The highest BCUT2D eigenvalue weighted by Crippen LogP contribution is 2.37. The molecular formula is C29H42BN3O5. The number of ether oxygens (including phenoxy) is 1. The van der Waals surface area contributed by atoms with Crippen LogP contribution >= 0.6 is 0 Å². The lowest BCUT2D eigenvalue weighted by atomic mass is 9.79. The topological polar surface area (TPSA) is 82.9 Å². The van der Waals surface area contributed by atoms with Crippen LogP contribution in [0.25, 0.3) is 5.69 Å². The third kappa shape index (κ3) is 5.54. The molecule has 206 valence electrons. The van der Waals surface area contributed by atoms with Crippen molar-refractivity contribution in [1.29, 1.82) is 0 Å². The number of carbonyl (C=O) groups excluding carboxylic acids is 2. The minimum atomic E-state index is -0.488. The Labute approximate surface area is 227 Å². The first-order valence-corrected chi connectivity index (χ1v) is 13.9. The van der Waals surface area contributed by atoms with Gasteiger partial charge in [0.15, 0.2) is 5.82 Å². The van der Waals surface area contributed by atoms with Gasteiger partial charge in [-0.2, -0.15) is 0 Å². The van der Waals surface area contributed by atoms with Gasteiger partial charge in [-0.25, -0.2) is 9.48 Å². The van der Waals surface area contributed by atoms with E-state index < -0.39 is 24.3 Å². The molecule has 0 spiro atoms. The molecule has 2 heterocycles. The molecule has 1 amide bonds. The van der Waals surface area contributed by atoms with Gasteiger partial charge in [0, 0.05) is 18.2 Å². The average Bonchev–Trinajstić information content (AvgIpc) is 3.37. The number of amides is 1. The Morgan fingerprint density at radius 3 is 2.18 bits per heavy atom. The number of hydrogen-bond acceptors (Lipinski definition) is 6. The van der Waals surface area contributed by atoms with Crippen LogP contribution in [-0.2, 0) is 18.8 Å². The van der Waals surface area contributed by atoms with Crippen molar-refractivity contribution in [1.82, 2.24) is 9.78 Å². The van der Waals surface area contributed by atoms with Crippen molar-refractivity contribution in [2.24, 2.45) is 11.8 Å². The summed E-state index contributed by atoms with van der Waals surface area (Å²) < 4.78 is 19.3. The summed E-state index contributed by atoms with van der Waals surface area (Å²) in [4.78, 5) is 28.4. The van der Waals surface area contributed by atoms with E-state index in [1.54, 1.807) is 22.7 Å². The Balaban J connectivity index is 1.65. The van der Waals surface area contributed by atoms with E-state index in [1.165, 1.54) is 0 Å². The fourth-order valence-electron chi connectivity index (χ4n) is 5.10. The fourth-order valence-corrected chi connectivity index (χ4v) is 5.10. The normalized spacial score (nSPS) is 22.5. The molecule has 1 aliphatic heterocycles. The van der Waals surface area contributed by atoms with Crippen molar-refractivity contribution in [2.45, 2.75) is 98.3 Å². The van der Waals surface area contributed by atoms with E-state index in [0.717, 1.165) is 36.8 Å². The van der Waals surface area contributed by atoms with Gasteiger partial charge in [0.25, 0.3) is 0 Å². The number of esters is 1. The third-order valence-electron chi connectivity index (χ3n) is 8.22. The molecule has 8 nitrogen and oxygen atoms in total. The van der Waals surface area contributed by atoms with Crippen LogP contribution in [0.2, 0.25) is 0 Å². The molecule has 2 fully saturated rings. The molecule has 0 unspecified atom stereocenters. The zero-order valence-electron chi connectivity index (χ0n) is 24.1. The van der Waals surface area contributed by atoms with Crippen LogP contribution in [0.4, 0.5) is 5.82 Å². The first kappa shape index (κ1) is 28.4. The van der Waals surface area contributed by atoms with Crippen molar-refractivity contribution < 1.29 is 23.6 Å². The monoisotopic (exact) mass is 523 g/mol. The molecule has 0 N–H and O–H groups in total. The van der Waals surface area contributed by atoms with Gasteiger partial charge in [-0.1, -0.05) is 19.1 Å². The van der Waals surface area contributed by atoms with Gasteiger partial charge in [-0.15, -0.1) is 5.10 Å². The quantitative estimate of drug-likeness (QED) is 0.379. The first-order valence-electron chi connectivity index (χ1n) is 13.9. The molecule has 1 saturated heterocycles. The predicted molar refractivity (Wildman–Crippen MR) is 149 cm³/mol. The van der Waals surface area contributed by atoms with Crippen molar-refractivity contribution in [3.8, 4) is 5.69 Å². The summed E-state index contributed by atoms with van der Waals surface area (Å²) in [5, 5.41) is 4.77. The highest BCUT2D eigenvalue weighted by molar-refractivity contribution is 6.62. The lowest BCUT2D eigenvalue weighted by Gasteiger charge is -2.32. The molecule has 1 aromatic heterocycles. The second-order valence-corrected chi connectivity index (χ2v) is 12.0. The van der Waals surface area contributed by atoms with Gasteiger partial charge >= 0.3 is 13.1 Å². The van der Waals surface area contributed by atoms with Gasteiger partial charge in [0.1, 0.15) is 5.56 Å². The first-order chi connectivity index (χ1) is 17.8. The van der Waals surface area contributed by atoms with E-state index in [-0.39, 0.29) is 30.0 Å². The second kappa shape index (κ2) is 10.8. The summed E-state index contributed by atoms with van der Waals surface area (Å²) in [5.74, 6) is 0.461. The van der Waals surface area contributed by atoms with Crippen molar-refractivity contribution in [3.63, 3.8) is 0 Å². The minimum absolute atomic E-state index is 0.0267. The van der Waals surface area contributed by atoms with Crippen molar-refractivity contribution in [2.75, 3.05) is 11.5 Å². The van der Waals surface area contributed by atoms with Crippen molar-refractivity contribution in [3.05, 3.63) is 36.0 Å². The number of rotatable bonds is 7. The van der Waals surface area contributed by atoms with Crippen LogP contribution in [0.3, 0.4) is 0 Å². The van der Waals surface area contributed by atoms with Crippen LogP contribution in [0.15, 0.2) is 30.5 Å². The van der Waals surface area contributed by atoms with E-state index in [1.807, 2.05) is 65.8 Å². The molecule has 38 heavy (non-hydrogen) atoms. The summed E-state index contributed by atoms with van der Waals surface area (Å²) in [6.45, 7) is 16.3. The molecule has 0 bridgehead atoms. The van der Waals surface area contributed by atoms with Crippen LogP contribution < -0.4 is 10.4 Å². The summed E-state index contributed by atoms with van der Waals surface area (Å²) in [7, 11) is -0.468. The van der Waals surface area contributed by atoms with E-state index in [2.05, 4.69) is 6.92 Å². The molecule has 1 saturated carbocycles. The van der Waals surface area contributed by atoms with Gasteiger partial charge in [-0.3, -0.25) is 9.69 Å². The van der Waals surface area contributed by atoms with Crippen molar-refractivity contribution >= 4 is 30.3 Å². The Morgan fingerprint density at radius 2 is 1.66 bits per heavy atom. The SMILES string of the molecule is CCOC(=O)c1cn(-c2ccc(B3OC(C)(C)C(C)(C)O3)cc2)nc1N(C(=O)C1CCC(C)CC1)C(C)C. The van der Waals surface area contributed by atoms with Crippen LogP contribution in [0.5, 0.6) is 0 Å². The zero-order chi connectivity index (χ0) is 27.8. The van der Waals surface area contributed by atoms with E-state index in [0.29, 0.717) is 11.7 Å². The molecule has 2 aliphatic rings. The second-order valence-electron chi connectivity index (χ2n) is 12.0. The Morgan fingerprint density at radius 1 is 1.08 bits per heavy atom. The van der Waals surface area contributed by atoms with E-state index in [9.17, 15) is 9.59 Å². The van der Waals surface area contributed by atoms with Crippen LogP contribution in [-0.4, -0.2) is 52.6 Å². The standard InChI is InChI=1S/C29H42BN3O5/c1-9-36-27(35)24-18-32(23-16-14-22(15-17-23)30-37-28(5,6)29(7,8)38-30)31-25(24)33(19(2)3)26(34)21-12-10-20(4)11-13-21/h14-21H,9-13H2,1-8H3. The molecule has 0 radical (unpaired) electrons. The Hall–Kier alpha value is -2.65. The Kier molecular flexibility index (Phi) is 8.10. The van der Waals surface area contributed by atoms with Gasteiger partial charge in [0.05, 0.1) is 23.5 Å². The number of nitrogens with zero attached hydrogens (tertiary/aromatic N) is 3. The molecule has 1 aliphatic carbocycles. The zero-order valence-corrected chi connectivity index (χ0v) is 24.1. The smallest absolute Gasteiger partial charge is 0.462 e. The molecule has 1 aromatic carbocycles. The molecule has 4 rings (SSSR count). The Bertz CT molecular complexity index is 1130. The maximum Gasteiger partial charge on any atom is 0.494 e. The fraction of sp³-hybridized carbons (Fsp3) is 0.621. The number of aromatic nitrogens is 2. The molecule has 0 atom stereocenters. The number of carbonyl (C=O) groups is 2. The molecule has 2 aromatic rings. The summed E-state index contributed by atoms with van der Waals surface area (Å²) in [6.07, 6.45) is 5.45. The summed E-state index contributed by atoms with van der Waals surface area (Å²) in [6, 6.07) is 7.55. The highest BCUT2D eigenvalue weighted by atomic mass is 16.7. The van der Waals surface area contributed by atoms with Gasteiger partial charge in [-0.05, 0) is 97.7 Å². The largest absolute Gasteiger partial charge is 0.494 e. The maximum absolute atomic E-state index is 13.7. The number of hydrogen-bond donors (Lipinski definition) is 0. The number of anilines is 1. The lowest BCUT2D eigenvalue weighted by Crippen LogP contribution is -2.43. The predicted octanol–water partition coefficient (Wildman–Crippen LogP) is 4.92. The summed E-state index contributed by atoms with van der Waals surface area (Å²) in [5.41, 5.74) is 1.09. The third-order valence-corrected chi connectivity index (χ3v) is 8.22. The number of benzene rings is 1. The molecule has 9 heteroatoms. The average molecular weight is 523 g/mol. The van der Waals surface area contributed by atoms with E-state index in [4.69, 9.17) is 19.1 Å². The van der Waals surface area contributed by atoms with E-state index >= 15 is 0 Å².